The summed E-state index contributed by atoms with van der Waals surface area (Å²) in [6, 6.07) is 17.5. The molecule has 1 heterocycles. The third-order valence-electron chi connectivity index (χ3n) is 5.30. The Bertz CT molecular complexity index is 1060. The summed E-state index contributed by atoms with van der Waals surface area (Å²) in [4.78, 5) is 31.4. The Morgan fingerprint density at radius 2 is 1.84 bits per heavy atom. The molecular weight excluding hydrogens is 392 g/mol. The summed E-state index contributed by atoms with van der Waals surface area (Å²) < 4.78 is 7.08. The molecule has 0 spiro atoms. The Balaban J connectivity index is 1.62. The lowest BCUT2D eigenvalue weighted by atomic mass is 10.2. The molecule has 1 aliphatic carbocycles. The third-order valence-corrected chi connectivity index (χ3v) is 5.30. The van der Waals surface area contributed by atoms with Crippen LogP contribution < -0.4 is 10.1 Å². The van der Waals surface area contributed by atoms with Gasteiger partial charge in [0.25, 0.3) is 0 Å². The van der Waals surface area contributed by atoms with Crippen molar-refractivity contribution in [3.05, 3.63) is 60.8 Å². The number of ether oxygens (including phenoxy) is 1. The summed E-state index contributed by atoms with van der Waals surface area (Å²) >= 11 is 0. The lowest BCUT2D eigenvalue weighted by Crippen LogP contribution is -2.39. The van der Waals surface area contributed by atoms with Crippen LogP contribution in [0.3, 0.4) is 0 Å². The fourth-order valence-corrected chi connectivity index (χ4v) is 3.49. The zero-order valence-electron chi connectivity index (χ0n) is 17.7. The molecule has 31 heavy (non-hydrogen) atoms. The number of methoxy groups -OCH3 is 1. The summed E-state index contributed by atoms with van der Waals surface area (Å²) in [5.41, 5.74) is 2.54. The second-order valence-electron chi connectivity index (χ2n) is 7.54. The van der Waals surface area contributed by atoms with Crippen LogP contribution >= 0.6 is 0 Å². The Hall–Kier alpha value is -3.61. The highest BCUT2D eigenvalue weighted by atomic mass is 16.5. The average molecular weight is 418 g/mol. The fourth-order valence-electron chi connectivity index (χ4n) is 3.49. The maximum Gasteiger partial charge on any atom is 0.246 e. The van der Waals surface area contributed by atoms with Gasteiger partial charge in [-0.2, -0.15) is 0 Å². The van der Waals surface area contributed by atoms with Crippen LogP contribution in [0.1, 0.15) is 26.2 Å². The maximum absolute atomic E-state index is 12.8. The second-order valence-corrected chi connectivity index (χ2v) is 7.54. The molecule has 1 aliphatic rings. The number of anilines is 1. The van der Waals surface area contributed by atoms with Crippen molar-refractivity contribution in [3.63, 3.8) is 0 Å². The van der Waals surface area contributed by atoms with Gasteiger partial charge in [0.05, 0.1) is 12.8 Å². The SMILES string of the molecule is CCC(=O)N(CC(=O)Nc1nc(-c2ccccc2)cn1-c1ccc(OC)cc1)C1CC1. The van der Waals surface area contributed by atoms with Crippen molar-refractivity contribution in [2.45, 2.75) is 32.2 Å². The number of benzene rings is 2. The van der Waals surface area contributed by atoms with Crippen molar-refractivity contribution in [1.29, 1.82) is 0 Å². The second kappa shape index (κ2) is 9.04. The van der Waals surface area contributed by atoms with E-state index >= 15 is 0 Å². The number of rotatable bonds is 8. The predicted octanol–water partition coefficient (Wildman–Crippen LogP) is 3.89. The lowest BCUT2D eigenvalue weighted by Gasteiger charge is -2.21. The number of hydrogen-bond acceptors (Lipinski definition) is 4. The number of amides is 2. The Kier molecular flexibility index (Phi) is 6.02. The van der Waals surface area contributed by atoms with Crippen LogP contribution in [0, 0.1) is 0 Å². The van der Waals surface area contributed by atoms with E-state index in [4.69, 9.17) is 4.74 Å². The molecule has 0 atom stereocenters. The molecule has 7 heteroatoms. The van der Waals surface area contributed by atoms with Crippen molar-refractivity contribution in [1.82, 2.24) is 14.5 Å². The number of carbonyl (C=O) groups is 2. The summed E-state index contributed by atoms with van der Waals surface area (Å²) in [7, 11) is 1.62. The van der Waals surface area contributed by atoms with Gasteiger partial charge in [-0.25, -0.2) is 4.98 Å². The molecule has 0 radical (unpaired) electrons. The Labute approximate surface area is 181 Å². The van der Waals surface area contributed by atoms with Crippen LogP contribution in [-0.2, 0) is 9.59 Å². The fraction of sp³-hybridized carbons (Fsp3) is 0.292. The summed E-state index contributed by atoms with van der Waals surface area (Å²) in [5.74, 6) is 0.902. The smallest absolute Gasteiger partial charge is 0.246 e. The molecule has 3 aromatic rings. The zero-order valence-corrected chi connectivity index (χ0v) is 17.7. The lowest BCUT2D eigenvalue weighted by molar-refractivity contribution is -0.135. The van der Waals surface area contributed by atoms with E-state index in [0.717, 1.165) is 35.5 Å². The van der Waals surface area contributed by atoms with Gasteiger partial charge in [0.2, 0.25) is 17.8 Å². The maximum atomic E-state index is 12.8. The number of carbonyl (C=O) groups excluding carboxylic acids is 2. The molecule has 1 saturated carbocycles. The number of hydrogen-bond donors (Lipinski definition) is 1. The third kappa shape index (κ3) is 4.77. The molecule has 2 amide bonds. The van der Waals surface area contributed by atoms with E-state index < -0.39 is 0 Å². The van der Waals surface area contributed by atoms with Crippen LogP contribution in [0.2, 0.25) is 0 Å². The van der Waals surface area contributed by atoms with Gasteiger partial charge in [-0.15, -0.1) is 0 Å². The van der Waals surface area contributed by atoms with Gasteiger partial charge >= 0.3 is 0 Å². The Morgan fingerprint density at radius 3 is 2.45 bits per heavy atom. The highest BCUT2D eigenvalue weighted by molar-refractivity contribution is 5.94. The highest BCUT2D eigenvalue weighted by Crippen LogP contribution is 2.28. The van der Waals surface area contributed by atoms with E-state index in [0.29, 0.717) is 12.4 Å². The van der Waals surface area contributed by atoms with Gasteiger partial charge in [0, 0.05) is 29.9 Å². The van der Waals surface area contributed by atoms with E-state index in [1.807, 2.05) is 72.3 Å². The van der Waals surface area contributed by atoms with Crippen molar-refractivity contribution in [3.8, 4) is 22.7 Å². The molecule has 0 bridgehead atoms. The number of aromatic nitrogens is 2. The van der Waals surface area contributed by atoms with E-state index in [2.05, 4.69) is 10.3 Å². The van der Waals surface area contributed by atoms with Crippen molar-refractivity contribution >= 4 is 17.8 Å². The van der Waals surface area contributed by atoms with E-state index in [9.17, 15) is 9.59 Å². The van der Waals surface area contributed by atoms with Crippen LogP contribution in [0.4, 0.5) is 5.95 Å². The average Bonchev–Trinajstić information content (AvgIpc) is 3.57. The van der Waals surface area contributed by atoms with Crippen molar-refractivity contribution in [2.75, 3.05) is 19.0 Å². The highest BCUT2D eigenvalue weighted by Gasteiger charge is 2.33. The standard InChI is InChI=1S/C24H26N4O3/c1-3-23(30)27(18-9-10-18)16-22(29)26-24-25-21(17-7-5-4-6-8-17)15-28(24)19-11-13-20(31-2)14-12-19/h4-8,11-15,18H,3,9-10,16H2,1-2H3,(H,25,26,29). The zero-order chi connectivity index (χ0) is 21.8. The molecule has 160 valence electrons. The summed E-state index contributed by atoms with van der Waals surface area (Å²) in [6.07, 6.45) is 4.19. The van der Waals surface area contributed by atoms with Crippen molar-refractivity contribution < 1.29 is 14.3 Å². The molecule has 0 unspecified atom stereocenters. The minimum atomic E-state index is -0.256. The molecule has 4 rings (SSSR count). The van der Waals surface area contributed by atoms with Crippen LogP contribution in [0.15, 0.2) is 60.8 Å². The van der Waals surface area contributed by atoms with E-state index in [-0.39, 0.29) is 24.4 Å². The molecular formula is C24H26N4O3. The van der Waals surface area contributed by atoms with Crippen LogP contribution in [0.5, 0.6) is 5.75 Å². The minimum absolute atomic E-state index is 0.00104. The minimum Gasteiger partial charge on any atom is -0.497 e. The van der Waals surface area contributed by atoms with Gasteiger partial charge in [0.15, 0.2) is 0 Å². The first-order valence-electron chi connectivity index (χ1n) is 10.5. The van der Waals surface area contributed by atoms with Crippen LogP contribution in [-0.4, -0.2) is 46.0 Å². The quantitative estimate of drug-likeness (QED) is 0.602. The number of nitrogens with one attached hydrogen (secondary N) is 1. The van der Waals surface area contributed by atoms with Crippen LogP contribution in [0.25, 0.3) is 16.9 Å². The monoisotopic (exact) mass is 418 g/mol. The largest absolute Gasteiger partial charge is 0.497 e. The molecule has 1 fully saturated rings. The van der Waals surface area contributed by atoms with E-state index in [1.165, 1.54) is 0 Å². The summed E-state index contributed by atoms with van der Waals surface area (Å²) in [6.45, 7) is 1.85. The summed E-state index contributed by atoms with van der Waals surface area (Å²) in [5, 5.41) is 2.91. The first-order valence-corrected chi connectivity index (χ1v) is 10.5. The molecule has 2 aromatic carbocycles. The number of imidazole rings is 1. The van der Waals surface area contributed by atoms with Gasteiger partial charge in [-0.05, 0) is 37.1 Å². The molecule has 7 nitrogen and oxygen atoms in total. The Morgan fingerprint density at radius 1 is 1.13 bits per heavy atom. The molecule has 0 saturated heterocycles. The first kappa shape index (κ1) is 20.7. The van der Waals surface area contributed by atoms with Gasteiger partial charge < -0.3 is 9.64 Å². The van der Waals surface area contributed by atoms with Crippen molar-refractivity contribution in [2.24, 2.45) is 0 Å². The number of nitrogens with zero attached hydrogens (tertiary/aromatic N) is 3. The van der Waals surface area contributed by atoms with E-state index in [1.54, 1.807) is 12.0 Å². The molecule has 0 aliphatic heterocycles. The predicted molar refractivity (Wildman–Crippen MR) is 119 cm³/mol. The van der Waals surface area contributed by atoms with Gasteiger partial charge in [0.1, 0.15) is 12.3 Å². The molecule has 1 N–H and O–H groups in total. The first-order chi connectivity index (χ1) is 15.1. The normalized spacial score (nSPS) is 13.0. The van der Waals surface area contributed by atoms with Gasteiger partial charge in [-0.1, -0.05) is 37.3 Å². The van der Waals surface area contributed by atoms with Gasteiger partial charge in [-0.3, -0.25) is 19.5 Å². The molecule has 1 aromatic heterocycles. The topological polar surface area (TPSA) is 76.5 Å².